The number of hydrogen-bond acceptors (Lipinski definition) is 3. The first kappa shape index (κ1) is 12.7. The second-order valence-electron chi connectivity index (χ2n) is 3.60. The van der Waals surface area contributed by atoms with Crippen LogP contribution in [0.15, 0.2) is 43.9 Å². The van der Waals surface area contributed by atoms with Gasteiger partial charge in [-0.25, -0.2) is 0 Å². The van der Waals surface area contributed by atoms with Crippen LogP contribution in [0.5, 0.6) is 5.75 Å². The van der Waals surface area contributed by atoms with Crippen molar-refractivity contribution in [1.29, 1.82) is 0 Å². The number of phenols is 1. The molecular weight excluding hydrogens is 350 g/mol. The van der Waals surface area contributed by atoms with Crippen molar-refractivity contribution < 1.29 is 9.52 Å². The monoisotopic (exact) mass is 359 g/mol. The highest BCUT2D eigenvalue weighted by molar-refractivity contribution is 9.13. The summed E-state index contributed by atoms with van der Waals surface area (Å²) in [5.74, 6) is 1.15. The third kappa shape index (κ3) is 3.59. The molecule has 0 fully saturated rings. The predicted molar refractivity (Wildman–Crippen MR) is 72.8 cm³/mol. The van der Waals surface area contributed by atoms with Gasteiger partial charge in [-0.3, -0.25) is 0 Å². The van der Waals surface area contributed by atoms with Gasteiger partial charge in [-0.1, -0.05) is 12.1 Å². The maximum atomic E-state index is 9.15. The van der Waals surface area contributed by atoms with E-state index in [1.165, 1.54) is 0 Å². The van der Waals surface area contributed by atoms with Gasteiger partial charge in [0.05, 0.1) is 11.0 Å². The SMILES string of the molecule is Oc1ccc(CNCc2cc(Br)c(Br)o2)cc1. The molecule has 3 nitrogen and oxygen atoms in total. The number of nitrogens with one attached hydrogen (secondary N) is 1. The molecule has 0 amide bonds. The Balaban J connectivity index is 1.85. The van der Waals surface area contributed by atoms with E-state index in [9.17, 15) is 0 Å². The van der Waals surface area contributed by atoms with Crippen LogP contribution in [0.25, 0.3) is 0 Å². The molecule has 0 bridgehead atoms. The standard InChI is InChI=1S/C12H11Br2NO2/c13-11-5-10(17-12(11)14)7-15-6-8-1-3-9(16)4-2-8/h1-5,15-16H,6-7H2. The van der Waals surface area contributed by atoms with Gasteiger partial charge in [-0.15, -0.1) is 0 Å². The molecule has 2 rings (SSSR count). The second kappa shape index (κ2) is 5.71. The van der Waals surface area contributed by atoms with Gasteiger partial charge in [0.2, 0.25) is 0 Å². The summed E-state index contributed by atoms with van der Waals surface area (Å²) in [6, 6.07) is 9.05. The average molecular weight is 361 g/mol. The maximum Gasteiger partial charge on any atom is 0.183 e. The number of phenolic OH excluding ortho intramolecular Hbond substituents is 1. The molecule has 1 aromatic heterocycles. The van der Waals surface area contributed by atoms with Gasteiger partial charge >= 0.3 is 0 Å². The molecule has 1 heterocycles. The molecule has 0 aliphatic rings. The van der Waals surface area contributed by atoms with Gasteiger partial charge in [0, 0.05) is 6.54 Å². The summed E-state index contributed by atoms with van der Waals surface area (Å²) in [5.41, 5.74) is 1.12. The lowest BCUT2D eigenvalue weighted by Crippen LogP contribution is -2.11. The Labute approximate surface area is 116 Å². The Bertz CT molecular complexity index is 474. The lowest BCUT2D eigenvalue weighted by atomic mass is 10.2. The summed E-state index contributed by atoms with van der Waals surface area (Å²) in [5, 5.41) is 12.4. The normalized spacial score (nSPS) is 10.7. The van der Waals surface area contributed by atoms with Crippen LogP contribution < -0.4 is 5.32 Å². The summed E-state index contributed by atoms with van der Waals surface area (Å²) in [6.45, 7) is 1.39. The van der Waals surface area contributed by atoms with Crippen molar-refractivity contribution in [1.82, 2.24) is 5.32 Å². The summed E-state index contributed by atoms with van der Waals surface area (Å²) in [6.07, 6.45) is 0. The second-order valence-corrected chi connectivity index (χ2v) is 5.18. The topological polar surface area (TPSA) is 45.4 Å². The zero-order valence-corrected chi connectivity index (χ0v) is 12.1. The number of rotatable bonds is 4. The van der Waals surface area contributed by atoms with Crippen LogP contribution in [0.3, 0.4) is 0 Å². The molecule has 0 aliphatic carbocycles. The average Bonchev–Trinajstić information content (AvgIpc) is 2.61. The zero-order chi connectivity index (χ0) is 12.3. The highest BCUT2D eigenvalue weighted by Crippen LogP contribution is 2.26. The molecule has 1 aromatic carbocycles. The minimum Gasteiger partial charge on any atom is -0.508 e. The Morgan fingerprint density at radius 1 is 1.12 bits per heavy atom. The third-order valence-corrected chi connectivity index (χ3v) is 3.97. The number of aromatic hydroxyl groups is 1. The highest BCUT2D eigenvalue weighted by atomic mass is 79.9. The van der Waals surface area contributed by atoms with Gasteiger partial charge in [0.1, 0.15) is 11.5 Å². The van der Waals surface area contributed by atoms with Crippen LogP contribution in [0.2, 0.25) is 0 Å². The van der Waals surface area contributed by atoms with E-state index in [1.54, 1.807) is 12.1 Å². The number of furan rings is 1. The van der Waals surface area contributed by atoms with Gasteiger partial charge in [-0.2, -0.15) is 0 Å². The van der Waals surface area contributed by atoms with Crippen molar-refractivity contribution in [3.63, 3.8) is 0 Å². The smallest absolute Gasteiger partial charge is 0.183 e. The van der Waals surface area contributed by atoms with E-state index in [0.29, 0.717) is 11.2 Å². The highest BCUT2D eigenvalue weighted by Gasteiger charge is 2.05. The first-order valence-corrected chi connectivity index (χ1v) is 6.66. The lowest BCUT2D eigenvalue weighted by Gasteiger charge is -2.02. The zero-order valence-electron chi connectivity index (χ0n) is 8.91. The number of hydrogen-bond donors (Lipinski definition) is 2. The van der Waals surface area contributed by atoms with Crippen molar-refractivity contribution in [2.75, 3.05) is 0 Å². The quantitative estimate of drug-likeness (QED) is 0.871. The van der Waals surface area contributed by atoms with Crippen LogP contribution in [0.4, 0.5) is 0 Å². The summed E-state index contributed by atoms with van der Waals surface area (Å²) < 4.78 is 7.06. The van der Waals surface area contributed by atoms with Gasteiger partial charge in [0.15, 0.2) is 4.67 Å². The van der Waals surface area contributed by atoms with Crippen molar-refractivity contribution in [3.8, 4) is 5.75 Å². The predicted octanol–water partition coefficient (Wildman–Crippen LogP) is 3.80. The van der Waals surface area contributed by atoms with Crippen LogP contribution in [0.1, 0.15) is 11.3 Å². The van der Waals surface area contributed by atoms with E-state index in [0.717, 1.165) is 22.3 Å². The third-order valence-electron chi connectivity index (χ3n) is 2.26. The first-order chi connectivity index (χ1) is 8.15. The maximum absolute atomic E-state index is 9.15. The van der Waals surface area contributed by atoms with E-state index in [-0.39, 0.29) is 5.75 Å². The van der Waals surface area contributed by atoms with Crippen molar-refractivity contribution in [3.05, 3.63) is 50.8 Å². The molecule has 17 heavy (non-hydrogen) atoms. The minimum atomic E-state index is 0.285. The van der Waals surface area contributed by atoms with Crippen molar-refractivity contribution in [2.24, 2.45) is 0 Å². The van der Waals surface area contributed by atoms with Crippen LogP contribution in [-0.4, -0.2) is 5.11 Å². The summed E-state index contributed by atoms with van der Waals surface area (Å²) >= 11 is 6.66. The van der Waals surface area contributed by atoms with Crippen molar-refractivity contribution >= 4 is 31.9 Å². The fourth-order valence-corrected chi connectivity index (χ4v) is 2.08. The van der Waals surface area contributed by atoms with E-state index >= 15 is 0 Å². The van der Waals surface area contributed by atoms with Crippen LogP contribution in [-0.2, 0) is 13.1 Å². The number of benzene rings is 1. The van der Waals surface area contributed by atoms with Crippen LogP contribution in [0, 0.1) is 0 Å². The molecule has 90 valence electrons. The molecule has 0 saturated carbocycles. The molecule has 0 aliphatic heterocycles. The molecule has 2 aromatic rings. The molecule has 0 saturated heterocycles. The fraction of sp³-hybridized carbons (Fsp3) is 0.167. The Morgan fingerprint density at radius 3 is 2.41 bits per heavy atom. The van der Waals surface area contributed by atoms with E-state index in [1.807, 2.05) is 18.2 Å². The van der Waals surface area contributed by atoms with Gasteiger partial charge in [-0.05, 0) is 55.6 Å². The minimum absolute atomic E-state index is 0.285. The Kier molecular flexibility index (Phi) is 4.25. The molecule has 0 atom stereocenters. The Hall–Kier alpha value is -0.780. The Morgan fingerprint density at radius 2 is 1.82 bits per heavy atom. The van der Waals surface area contributed by atoms with Gasteiger partial charge in [0.25, 0.3) is 0 Å². The van der Waals surface area contributed by atoms with Crippen molar-refractivity contribution in [2.45, 2.75) is 13.1 Å². The lowest BCUT2D eigenvalue weighted by molar-refractivity contribution is 0.463. The van der Waals surface area contributed by atoms with E-state index in [2.05, 4.69) is 37.2 Å². The van der Waals surface area contributed by atoms with E-state index in [4.69, 9.17) is 9.52 Å². The molecule has 5 heteroatoms. The summed E-state index contributed by atoms with van der Waals surface area (Å²) in [4.78, 5) is 0. The molecule has 2 N–H and O–H groups in total. The molecule has 0 unspecified atom stereocenters. The number of halogens is 2. The largest absolute Gasteiger partial charge is 0.508 e. The summed E-state index contributed by atoms with van der Waals surface area (Å²) in [7, 11) is 0. The molecular formula is C12H11Br2NO2. The molecule has 0 spiro atoms. The van der Waals surface area contributed by atoms with Gasteiger partial charge < -0.3 is 14.8 Å². The molecule has 0 radical (unpaired) electrons. The van der Waals surface area contributed by atoms with E-state index < -0.39 is 0 Å². The fourth-order valence-electron chi connectivity index (χ4n) is 1.42. The van der Waals surface area contributed by atoms with Crippen LogP contribution >= 0.6 is 31.9 Å². The first-order valence-electron chi connectivity index (χ1n) is 5.07.